The normalized spacial score (nSPS) is 28.1. The van der Waals surface area contributed by atoms with Crippen LogP contribution in [0.1, 0.15) is 29.7 Å². The van der Waals surface area contributed by atoms with E-state index < -0.39 is 6.04 Å². The van der Waals surface area contributed by atoms with Gasteiger partial charge in [0, 0.05) is 5.75 Å². The van der Waals surface area contributed by atoms with E-state index in [0.717, 1.165) is 6.42 Å². The second kappa shape index (κ2) is 5.13. The van der Waals surface area contributed by atoms with Crippen LogP contribution < -0.4 is 10.6 Å². The van der Waals surface area contributed by atoms with Crippen LogP contribution >= 0.6 is 11.8 Å². The lowest BCUT2D eigenvalue weighted by molar-refractivity contribution is -0.123. The molecule has 1 fully saturated rings. The third kappa shape index (κ3) is 2.42. The summed E-state index contributed by atoms with van der Waals surface area (Å²) in [5, 5.41) is 5.69. The van der Waals surface area contributed by atoms with Crippen LogP contribution in [0.4, 0.5) is 4.79 Å². The molecule has 2 aliphatic rings. The highest BCUT2D eigenvalue weighted by atomic mass is 32.2. The molecule has 3 rings (SSSR count). The second-order valence-corrected chi connectivity index (χ2v) is 6.66. The summed E-state index contributed by atoms with van der Waals surface area (Å²) in [5.74, 6) is 0.835. The predicted molar refractivity (Wildman–Crippen MR) is 79.7 cm³/mol. The highest BCUT2D eigenvalue weighted by Gasteiger charge is 2.34. The summed E-state index contributed by atoms with van der Waals surface area (Å²) in [4.78, 5) is 23.4. The first-order valence-corrected chi connectivity index (χ1v) is 7.86. The van der Waals surface area contributed by atoms with Crippen LogP contribution in [-0.4, -0.2) is 22.9 Å². The summed E-state index contributed by atoms with van der Waals surface area (Å²) in [6.07, 6.45) is 0.992. The van der Waals surface area contributed by atoms with Crippen molar-refractivity contribution in [1.29, 1.82) is 0 Å². The van der Waals surface area contributed by atoms with Crippen molar-refractivity contribution in [2.75, 3.05) is 5.75 Å². The Kier molecular flexibility index (Phi) is 3.46. The van der Waals surface area contributed by atoms with Crippen molar-refractivity contribution in [1.82, 2.24) is 10.6 Å². The number of nitrogens with one attached hydrogen (secondary N) is 2. The minimum atomic E-state index is -0.395. The van der Waals surface area contributed by atoms with Crippen LogP contribution in [0.3, 0.4) is 0 Å². The Balaban J connectivity index is 1.76. The summed E-state index contributed by atoms with van der Waals surface area (Å²) < 4.78 is 0. The van der Waals surface area contributed by atoms with Gasteiger partial charge in [-0.05, 0) is 30.4 Å². The van der Waals surface area contributed by atoms with Crippen LogP contribution in [0.5, 0.6) is 0 Å². The lowest BCUT2D eigenvalue weighted by Gasteiger charge is -2.21. The van der Waals surface area contributed by atoms with Gasteiger partial charge in [0.25, 0.3) is 5.24 Å². The van der Waals surface area contributed by atoms with Gasteiger partial charge >= 0.3 is 0 Å². The van der Waals surface area contributed by atoms with Crippen molar-refractivity contribution < 1.29 is 9.59 Å². The molecule has 1 aliphatic heterocycles. The molecule has 0 aromatic heterocycles. The molecule has 1 aliphatic carbocycles. The van der Waals surface area contributed by atoms with Gasteiger partial charge < -0.3 is 10.6 Å². The van der Waals surface area contributed by atoms with Crippen LogP contribution in [0.25, 0.3) is 0 Å². The number of benzene rings is 1. The monoisotopic (exact) mass is 290 g/mol. The molecule has 0 bridgehead atoms. The van der Waals surface area contributed by atoms with E-state index in [-0.39, 0.29) is 17.2 Å². The summed E-state index contributed by atoms with van der Waals surface area (Å²) in [6.45, 7) is 4.22. The lowest BCUT2D eigenvalue weighted by Crippen LogP contribution is -2.44. The fourth-order valence-electron chi connectivity index (χ4n) is 2.96. The van der Waals surface area contributed by atoms with E-state index in [1.54, 1.807) is 0 Å². The molecular weight excluding hydrogens is 272 g/mol. The fourth-order valence-corrected chi connectivity index (χ4v) is 3.74. The van der Waals surface area contributed by atoms with Gasteiger partial charge in [0.1, 0.15) is 6.04 Å². The van der Waals surface area contributed by atoms with Gasteiger partial charge in [-0.1, -0.05) is 42.4 Å². The first kappa shape index (κ1) is 13.5. The molecule has 1 saturated heterocycles. The van der Waals surface area contributed by atoms with Gasteiger partial charge in [-0.15, -0.1) is 0 Å². The Morgan fingerprint density at radius 3 is 2.95 bits per heavy atom. The largest absolute Gasteiger partial charge is 0.347 e. The molecule has 3 atom stereocenters. The average molecular weight is 290 g/mol. The molecule has 0 saturated carbocycles. The topological polar surface area (TPSA) is 58.2 Å². The number of amides is 2. The van der Waals surface area contributed by atoms with E-state index >= 15 is 0 Å². The second-order valence-electron chi connectivity index (χ2n) is 5.67. The molecule has 2 N–H and O–H groups in total. The lowest BCUT2D eigenvalue weighted by atomic mass is 10.0. The maximum atomic E-state index is 12.2. The molecule has 1 heterocycles. The van der Waals surface area contributed by atoms with E-state index in [2.05, 4.69) is 42.7 Å². The third-order valence-electron chi connectivity index (χ3n) is 4.03. The van der Waals surface area contributed by atoms with Crippen molar-refractivity contribution >= 4 is 22.9 Å². The zero-order valence-corrected chi connectivity index (χ0v) is 12.4. The van der Waals surface area contributed by atoms with Crippen molar-refractivity contribution in [2.24, 2.45) is 5.92 Å². The van der Waals surface area contributed by atoms with Crippen molar-refractivity contribution in [3.63, 3.8) is 0 Å². The van der Waals surface area contributed by atoms with Crippen molar-refractivity contribution in [2.45, 2.75) is 32.4 Å². The molecule has 106 valence electrons. The highest BCUT2D eigenvalue weighted by molar-refractivity contribution is 8.14. The molecule has 1 aromatic carbocycles. The quantitative estimate of drug-likeness (QED) is 0.877. The molecule has 2 amide bonds. The molecule has 20 heavy (non-hydrogen) atoms. The van der Waals surface area contributed by atoms with E-state index in [9.17, 15) is 9.59 Å². The molecule has 1 aromatic rings. The van der Waals surface area contributed by atoms with Crippen LogP contribution in [0, 0.1) is 12.8 Å². The van der Waals surface area contributed by atoms with Gasteiger partial charge in [0.05, 0.1) is 6.04 Å². The Morgan fingerprint density at radius 1 is 1.45 bits per heavy atom. The van der Waals surface area contributed by atoms with Crippen LogP contribution in [0.2, 0.25) is 0 Å². The van der Waals surface area contributed by atoms with E-state index in [0.29, 0.717) is 11.7 Å². The maximum Gasteiger partial charge on any atom is 0.279 e. The average Bonchev–Trinajstić information content (AvgIpc) is 2.95. The highest BCUT2D eigenvalue weighted by Crippen LogP contribution is 2.36. The standard InChI is InChI=1S/C15H18N2O2S/c1-8-3-4-10-6-9(2)13(11(10)5-8)17-14(18)12-7-20-15(19)16-12/h3-5,9,12-13H,6-7H2,1-2H3,(H,16,19)(H,17,18). The zero-order valence-electron chi connectivity index (χ0n) is 11.6. The molecule has 3 unspecified atom stereocenters. The van der Waals surface area contributed by atoms with Gasteiger partial charge in [0.2, 0.25) is 5.91 Å². The zero-order chi connectivity index (χ0) is 14.3. The Labute approximate surface area is 122 Å². The number of carbonyl (C=O) groups excluding carboxylic acids is 2. The molecule has 0 spiro atoms. The van der Waals surface area contributed by atoms with Crippen molar-refractivity contribution in [3.8, 4) is 0 Å². The van der Waals surface area contributed by atoms with Crippen LogP contribution in [0.15, 0.2) is 18.2 Å². The number of hydrogen-bond acceptors (Lipinski definition) is 3. The van der Waals surface area contributed by atoms with Crippen LogP contribution in [-0.2, 0) is 11.2 Å². The number of thioether (sulfide) groups is 1. The third-order valence-corrected chi connectivity index (χ3v) is 4.91. The molecule has 0 radical (unpaired) electrons. The van der Waals surface area contributed by atoms with Gasteiger partial charge in [-0.2, -0.15) is 0 Å². The molecule has 5 heteroatoms. The Bertz CT molecular complexity index is 573. The molecular formula is C15H18N2O2S. The maximum absolute atomic E-state index is 12.2. The SMILES string of the molecule is Cc1ccc2c(c1)C(NC(=O)C1CSC(=O)N1)C(C)C2. The Hall–Kier alpha value is -1.49. The van der Waals surface area contributed by atoms with E-state index in [4.69, 9.17) is 0 Å². The smallest absolute Gasteiger partial charge is 0.279 e. The van der Waals surface area contributed by atoms with Gasteiger partial charge in [-0.25, -0.2) is 0 Å². The molecule has 4 nitrogen and oxygen atoms in total. The minimum absolute atomic E-state index is 0.0555. The fraction of sp³-hybridized carbons (Fsp3) is 0.467. The summed E-state index contributed by atoms with van der Waals surface area (Å²) >= 11 is 1.17. The Morgan fingerprint density at radius 2 is 2.25 bits per heavy atom. The number of rotatable bonds is 2. The summed E-state index contributed by atoms with van der Waals surface area (Å²) in [7, 11) is 0. The minimum Gasteiger partial charge on any atom is -0.347 e. The first-order chi connectivity index (χ1) is 9.54. The summed E-state index contributed by atoms with van der Waals surface area (Å²) in [5.41, 5.74) is 3.75. The van der Waals surface area contributed by atoms with Gasteiger partial charge in [0.15, 0.2) is 0 Å². The van der Waals surface area contributed by atoms with E-state index in [1.165, 1.54) is 28.5 Å². The number of aryl methyl sites for hydroxylation is 1. The number of hydrogen-bond donors (Lipinski definition) is 2. The first-order valence-electron chi connectivity index (χ1n) is 6.87. The van der Waals surface area contributed by atoms with Crippen molar-refractivity contribution in [3.05, 3.63) is 34.9 Å². The number of carbonyl (C=O) groups is 2. The summed E-state index contributed by atoms with van der Waals surface area (Å²) in [6, 6.07) is 6.09. The van der Waals surface area contributed by atoms with Gasteiger partial charge in [-0.3, -0.25) is 9.59 Å². The number of fused-ring (bicyclic) bond motifs is 1. The van der Waals surface area contributed by atoms with E-state index in [1.807, 2.05) is 0 Å². The predicted octanol–water partition coefficient (Wildman–Crippen LogP) is 2.17.